The molecule has 1 aliphatic rings. The van der Waals surface area contributed by atoms with E-state index >= 15 is 0 Å². The minimum Gasteiger partial charge on any atom is -0.307 e. The zero-order chi connectivity index (χ0) is 23.2. The average molecular weight is 468 g/mol. The molecule has 1 N–H and O–H groups in total. The van der Waals surface area contributed by atoms with Gasteiger partial charge in [0.15, 0.2) is 11.5 Å². The highest BCUT2D eigenvalue weighted by molar-refractivity contribution is 7.12. The molecule has 0 amide bonds. The van der Waals surface area contributed by atoms with Crippen LogP contribution in [0, 0.1) is 13.8 Å². The topological polar surface area (TPSA) is 85.2 Å². The fourth-order valence-electron chi connectivity index (χ4n) is 4.93. The van der Waals surface area contributed by atoms with E-state index in [2.05, 4.69) is 82.4 Å². The second-order valence-electron chi connectivity index (χ2n) is 8.76. The van der Waals surface area contributed by atoms with Crippen molar-refractivity contribution in [2.24, 2.45) is 0 Å². The number of thiophene rings is 1. The molecule has 8 heteroatoms. The largest absolute Gasteiger partial charge is 0.307 e. The van der Waals surface area contributed by atoms with Gasteiger partial charge in [0.2, 0.25) is 0 Å². The molecule has 1 aromatic carbocycles. The monoisotopic (exact) mass is 467 g/mol. The van der Waals surface area contributed by atoms with E-state index in [-0.39, 0.29) is 0 Å². The van der Waals surface area contributed by atoms with Crippen molar-refractivity contribution in [1.82, 2.24) is 35.2 Å². The molecule has 0 saturated carbocycles. The van der Waals surface area contributed by atoms with Crippen LogP contribution in [0.3, 0.4) is 0 Å². The highest BCUT2D eigenvalue weighted by Gasteiger charge is 2.22. The van der Waals surface area contributed by atoms with Crippen LogP contribution in [-0.2, 0) is 25.8 Å². The molecular formula is C26H25N7S. The van der Waals surface area contributed by atoms with Gasteiger partial charge in [0.25, 0.3) is 0 Å². The second-order valence-corrected chi connectivity index (χ2v) is 9.98. The number of aryl methyl sites for hydroxylation is 5. The molecule has 7 nitrogen and oxygen atoms in total. The third-order valence-corrected chi connectivity index (χ3v) is 7.63. The molecule has 1 aliphatic carbocycles. The second kappa shape index (κ2) is 8.29. The van der Waals surface area contributed by atoms with E-state index < -0.39 is 0 Å². The van der Waals surface area contributed by atoms with Gasteiger partial charge in [-0.05, 0) is 77.9 Å². The van der Waals surface area contributed by atoms with Gasteiger partial charge in [-0.3, -0.25) is 0 Å². The number of hydrogen-bond acceptors (Lipinski definition) is 6. The summed E-state index contributed by atoms with van der Waals surface area (Å²) in [6, 6.07) is 13.1. The number of aromatic nitrogens is 7. The smallest absolute Gasteiger partial charge is 0.198 e. The number of nitrogens with one attached hydrogen (secondary N) is 1. The summed E-state index contributed by atoms with van der Waals surface area (Å²) >= 11 is 1.89. The van der Waals surface area contributed by atoms with E-state index in [1.54, 1.807) is 0 Å². The third-order valence-electron chi connectivity index (χ3n) is 6.45. The molecule has 0 bridgehead atoms. The molecular weight excluding hydrogens is 442 g/mol. The van der Waals surface area contributed by atoms with Crippen molar-refractivity contribution >= 4 is 34.1 Å². The van der Waals surface area contributed by atoms with Crippen molar-refractivity contribution in [3.8, 4) is 0 Å². The van der Waals surface area contributed by atoms with Crippen LogP contribution in [0.25, 0.3) is 22.8 Å². The van der Waals surface area contributed by atoms with Crippen LogP contribution >= 0.6 is 11.3 Å². The first-order valence-corrected chi connectivity index (χ1v) is 12.4. The van der Waals surface area contributed by atoms with Crippen LogP contribution in [0.2, 0.25) is 0 Å². The molecule has 6 rings (SSSR count). The van der Waals surface area contributed by atoms with E-state index in [1.165, 1.54) is 32.0 Å². The lowest BCUT2D eigenvalue weighted by Gasteiger charge is -2.09. The van der Waals surface area contributed by atoms with Crippen molar-refractivity contribution < 1.29 is 0 Å². The zero-order valence-electron chi connectivity index (χ0n) is 19.5. The van der Waals surface area contributed by atoms with Gasteiger partial charge in [0, 0.05) is 21.9 Å². The molecule has 34 heavy (non-hydrogen) atoms. The van der Waals surface area contributed by atoms with Crippen LogP contribution in [-0.4, -0.2) is 35.2 Å². The van der Waals surface area contributed by atoms with Crippen LogP contribution in [0.15, 0.2) is 36.4 Å². The maximum absolute atomic E-state index is 4.93. The summed E-state index contributed by atoms with van der Waals surface area (Å²) in [6.07, 6.45) is 4.95. The number of H-pyrrole nitrogens is 1. The molecule has 170 valence electrons. The number of benzene rings is 1. The number of pyridine rings is 1. The number of rotatable bonds is 4. The summed E-state index contributed by atoms with van der Waals surface area (Å²) in [5, 5.41) is 14.7. The van der Waals surface area contributed by atoms with Crippen LogP contribution in [0.1, 0.15) is 56.3 Å². The van der Waals surface area contributed by atoms with Gasteiger partial charge in [-0.25, -0.2) is 9.97 Å². The fraction of sp³-hybridized carbons (Fsp3) is 0.269. The fourth-order valence-corrected chi connectivity index (χ4v) is 6.10. The highest BCUT2D eigenvalue weighted by Crippen LogP contribution is 2.39. The van der Waals surface area contributed by atoms with Crippen molar-refractivity contribution in [2.45, 2.75) is 46.6 Å². The summed E-state index contributed by atoms with van der Waals surface area (Å²) in [6.45, 7) is 7.10. The van der Waals surface area contributed by atoms with Gasteiger partial charge in [-0.15, -0.1) is 21.5 Å². The van der Waals surface area contributed by atoms with Gasteiger partial charge >= 0.3 is 0 Å². The minimum atomic E-state index is 0.592. The molecule has 0 aliphatic heterocycles. The van der Waals surface area contributed by atoms with Gasteiger partial charge in [-0.1, -0.05) is 31.2 Å². The van der Waals surface area contributed by atoms with Gasteiger partial charge in [0.1, 0.15) is 11.3 Å². The number of hydrogen-bond donors (Lipinski definition) is 1. The number of imidazole rings is 1. The lowest BCUT2D eigenvalue weighted by Crippen LogP contribution is -2.04. The van der Waals surface area contributed by atoms with Crippen molar-refractivity contribution in [3.05, 3.63) is 85.7 Å². The molecule has 5 aromatic rings. The Bertz CT molecular complexity index is 1540. The normalized spacial score (nSPS) is 14.4. The van der Waals surface area contributed by atoms with E-state index in [9.17, 15) is 0 Å². The lowest BCUT2D eigenvalue weighted by atomic mass is 9.95. The van der Waals surface area contributed by atoms with E-state index in [4.69, 9.17) is 9.97 Å². The number of tetrazole rings is 1. The Morgan fingerprint density at radius 2 is 1.97 bits per heavy atom. The maximum atomic E-state index is 4.93. The Morgan fingerprint density at radius 3 is 2.79 bits per heavy atom. The lowest BCUT2D eigenvalue weighted by molar-refractivity contribution is 0.753. The van der Waals surface area contributed by atoms with Crippen molar-refractivity contribution in [3.63, 3.8) is 0 Å². The molecule has 0 spiro atoms. The average Bonchev–Trinajstić information content (AvgIpc) is 3.54. The van der Waals surface area contributed by atoms with Crippen LogP contribution in [0.5, 0.6) is 0 Å². The molecule has 0 unspecified atom stereocenters. The Hall–Kier alpha value is -3.65. The first-order chi connectivity index (χ1) is 16.6. The zero-order valence-corrected chi connectivity index (χ0v) is 20.3. The summed E-state index contributed by atoms with van der Waals surface area (Å²) in [4.78, 5) is 12.5. The van der Waals surface area contributed by atoms with Crippen LogP contribution in [0.4, 0.5) is 0 Å². The summed E-state index contributed by atoms with van der Waals surface area (Å²) in [5.41, 5.74) is 9.20. The van der Waals surface area contributed by atoms with E-state index in [1.807, 2.05) is 17.4 Å². The Kier molecular flexibility index (Phi) is 5.10. The maximum Gasteiger partial charge on any atom is 0.198 e. The first-order valence-electron chi connectivity index (χ1n) is 11.6. The standard InChI is InChI=1S/C26H25N7S/c1-4-24-28-25-15(2)11-16(3)27-26(25)33(24)14-18-12-21-20(13-23-29-31-32-30-23)19-8-6-5-7-17(19)9-10-22(21)34-18/h5-8,11-13H,4,9-10,14H2,1-3H3,(H,29,30,31,32)/b20-13-. The minimum absolute atomic E-state index is 0.592. The van der Waals surface area contributed by atoms with E-state index in [0.29, 0.717) is 5.82 Å². The van der Waals surface area contributed by atoms with Gasteiger partial charge < -0.3 is 4.57 Å². The molecule has 0 radical (unpaired) electrons. The first kappa shape index (κ1) is 20.9. The predicted octanol–water partition coefficient (Wildman–Crippen LogP) is 4.92. The molecule has 0 atom stereocenters. The SMILES string of the molecule is CCc1nc2c(C)cc(C)nc2n1Cc1cc2c(s1)CCc1ccccc1/C2=C/c1nn[nH]n1. The Morgan fingerprint density at radius 1 is 1.09 bits per heavy atom. The van der Waals surface area contributed by atoms with Crippen molar-refractivity contribution in [1.29, 1.82) is 0 Å². The quantitative estimate of drug-likeness (QED) is 0.405. The predicted molar refractivity (Wildman–Crippen MR) is 135 cm³/mol. The number of aromatic amines is 1. The summed E-state index contributed by atoms with van der Waals surface area (Å²) in [7, 11) is 0. The number of nitrogens with zero attached hydrogens (tertiary/aromatic N) is 6. The Balaban J connectivity index is 1.47. The molecule has 4 heterocycles. The molecule has 0 fully saturated rings. The van der Waals surface area contributed by atoms with Crippen molar-refractivity contribution in [2.75, 3.05) is 0 Å². The van der Waals surface area contributed by atoms with E-state index in [0.717, 1.165) is 54.1 Å². The third kappa shape index (κ3) is 3.54. The Labute approximate surface area is 201 Å². The summed E-state index contributed by atoms with van der Waals surface area (Å²) < 4.78 is 2.29. The van der Waals surface area contributed by atoms with Gasteiger partial charge in [0.05, 0.1) is 6.54 Å². The molecule has 0 saturated heterocycles. The molecule has 4 aromatic heterocycles. The number of fused-ring (bicyclic) bond motifs is 3. The van der Waals surface area contributed by atoms with Crippen LogP contribution < -0.4 is 0 Å². The van der Waals surface area contributed by atoms with Gasteiger partial charge in [-0.2, -0.15) is 5.21 Å². The highest BCUT2D eigenvalue weighted by atomic mass is 32.1. The summed E-state index contributed by atoms with van der Waals surface area (Å²) in [5.74, 6) is 1.67.